The number of rotatable bonds is 2. The van der Waals surface area contributed by atoms with Crippen LogP contribution in [0.4, 0.5) is 0 Å². The second kappa shape index (κ2) is 4.49. The summed E-state index contributed by atoms with van der Waals surface area (Å²) in [5.74, 6) is 0.952. The molecule has 0 aliphatic heterocycles. The number of aromatic nitrogens is 2. The van der Waals surface area contributed by atoms with Gasteiger partial charge in [0.05, 0.1) is 0 Å². The van der Waals surface area contributed by atoms with E-state index in [4.69, 9.17) is 0 Å². The number of aryl methyl sites for hydroxylation is 1. The van der Waals surface area contributed by atoms with Crippen LogP contribution < -0.4 is 0 Å². The molecule has 0 atom stereocenters. The highest BCUT2D eigenvalue weighted by atomic mass is 15.1. The Kier molecular flexibility index (Phi) is 2.69. The Hall–Kier alpha value is -2.35. The molecule has 0 saturated carbocycles. The van der Waals surface area contributed by atoms with Crippen molar-refractivity contribution >= 4 is 0 Å². The lowest BCUT2D eigenvalue weighted by Gasteiger charge is -2.08. The molecule has 87 valence electrons. The molecule has 0 N–H and O–H groups in total. The zero-order valence-corrected chi connectivity index (χ0v) is 10.2. The van der Waals surface area contributed by atoms with Crippen molar-refractivity contribution in [2.24, 2.45) is 0 Å². The largest absolute Gasteiger partial charge is 0.300 e. The van der Waals surface area contributed by atoms with Crippen LogP contribution in [0, 0.1) is 13.0 Å². The molecule has 1 heterocycles. The first-order valence-corrected chi connectivity index (χ1v) is 5.91. The summed E-state index contributed by atoms with van der Waals surface area (Å²) < 4.78 is 2.09. The summed E-state index contributed by atoms with van der Waals surface area (Å²) in [7, 11) is 0. The van der Waals surface area contributed by atoms with Crippen molar-refractivity contribution in [3.05, 3.63) is 72.6 Å². The number of nitrogens with zero attached hydrogens (tertiary/aromatic N) is 2. The molecule has 0 unspecified atom stereocenters. The summed E-state index contributed by atoms with van der Waals surface area (Å²) in [5.41, 5.74) is 3.48. The molecule has 0 amide bonds. The van der Waals surface area contributed by atoms with Crippen molar-refractivity contribution in [3.63, 3.8) is 0 Å². The molecule has 0 fully saturated rings. The molecule has 0 aliphatic carbocycles. The summed E-state index contributed by atoms with van der Waals surface area (Å²) in [4.78, 5) is 4.43. The molecule has 2 aromatic carbocycles. The second-order valence-corrected chi connectivity index (χ2v) is 4.25. The Morgan fingerprint density at radius 2 is 1.72 bits per heavy atom. The number of hydrogen-bond donors (Lipinski definition) is 0. The standard InChI is InChI=1S/C16H13N2/c1-13-7-9-15(10-8-13)18-12-11-17-16(18)14-5-3-2-4-6-14/h3-12H,1H3. The second-order valence-electron chi connectivity index (χ2n) is 4.25. The number of imidazole rings is 1. The molecule has 18 heavy (non-hydrogen) atoms. The fourth-order valence-corrected chi connectivity index (χ4v) is 1.97. The minimum atomic E-state index is 0.952. The van der Waals surface area contributed by atoms with Gasteiger partial charge in [-0.15, -0.1) is 0 Å². The van der Waals surface area contributed by atoms with Crippen LogP contribution in [-0.4, -0.2) is 9.55 Å². The maximum atomic E-state index is 4.43. The molecular formula is C16H13N2. The minimum absolute atomic E-state index is 0.952. The third-order valence-electron chi connectivity index (χ3n) is 2.93. The highest BCUT2D eigenvalue weighted by Crippen LogP contribution is 2.21. The van der Waals surface area contributed by atoms with E-state index in [0.29, 0.717) is 0 Å². The lowest BCUT2D eigenvalue weighted by Crippen LogP contribution is -1.95. The zero-order chi connectivity index (χ0) is 12.4. The van der Waals surface area contributed by atoms with Crippen molar-refractivity contribution in [2.45, 2.75) is 6.92 Å². The van der Waals surface area contributed by atoms with Gasteiger partial charge in [-0.1, -0.05) is 42.0 Å². The van der Waals surface area contributed by atoms with E-state index in [-0.39, 0.29) is 0 Å². The third kappa shape index (κ3) is 1.93. The normalized spacial score (nSPS) is 10.5. The first-order valence-electron chi connectivity index (χ1n) is 5.91. The van der Waals surface area contributed by atoms with E-state index in [9.17, 15) is 0 Å². The quantitative estimate of drug-likeness (QED) is 0.660. The SMILES string of the molecule is Cc1ccc(-n2ccnc2-c2cc[c]cc2)cc1. The van der Waals surface area contributed by atoms with Gasteiger partial charge in [0.2, 0.25) is 0 Å². The zero-order valence-electron chi connectivity index (χ0n) is 10.2. The summed E-state index contributed by atoms with van der Waals surface area (Å²) in [6, 6.07) is 19.3. The highest BCUT2D eigenvalue weighted by Gasteiger charge is 2.06. The molecule has 0 bridgehead atoms. The summed E-state index contributed by atoms with van der Waals surface area (Å²) in [5, 5.41) is 0. The molecule has 0 saturated heterocycles. The van der Waals surface area contributed by atoms with Gasteiger partial charge in [-0.05, 0) is 25.1 Å². The maximum Gasteiger partial charge on any atom is 0.144 e. The van der Waals surface area contributed by atoms with Crippen LogP contribution in [0.2, 0.25) is 0 Å². The molecule has 3 rings (SSSR count). The van der Waals surface area contributed by atoms with Crippen molar-refractivity contribution in [1.29, 1.82) is 0 Å². The van der Waals surface area contributed by atoms with Crippen molar-refractivity contribution < 1.29 is 0 Å². The first-order chi connectivity index (χ1) is 8.84. The average Bonchev–Trinajstić information content (AvgIpc) is 2.90. The van der Waals surface area contributed by atoms with E-state index in [0.717, 1.165) is 17.1 Å². The van der Waals surface area contributed by atoms with Gasteiger partial charge >= 0.3 is 0 Å². The Labute approximate surface area is 107 Å². The molecule has 1 aromatic heterocycles. The van der Waals surface area contributed by atoms with Gasteiger partial charge in [0.1, 0.15) is 5.82 Å². The van der Waals surface area contributed by atoms with Crippen LogP contribution in [0.5, 0.6) is 0 Å². The predicted molar refractivity (Wildman–Crippen MR) is 72.6 cm³/mol. The Balaban J connectivity index is 2.10. The van der Waals surface area contributed by atoms with Gasteiger partial charge in [0.25, 0.3) is 0 Å². The van der Waals surface area contributed by atoms with Gasteiger partial charge in [-0.3, -0.25) is 4.57 Å². The van der Waals surface area contributed by atoms with Crippen LogP contribution in [0.15, 0.2) is 60.9 Å². The number of hydrogen-bond acceptors (Lipinski definition) is 1. The molecule has 0 spiro atoms. The van der Waals surface area contributed by atoms with Gasteiger partial charge in [0.15, 0.2) is 0 Å². The van der Waals surface area contributed by atoms with Crippen LogP contribution >= 0.6 is 0 Å². The van der Waals surface area contributed by atoms with E-state index in [1.807, 2.05) is 36.7 Å². The molecule has 3 aromatic rings. The van der Waals surface area contributed by atoms with E-state index in [2.05, 4.69) is 46.8 Å². The van der Waals surface area contributed by atoms with Gasteiger partial charge in [0, 0.05) is 23.6 Å². The Bertz CT molecular complexity index is 636. The lowest BCUT2D eigenvalue weighted by atomic mass is 10.2. The number of benzene rings is 2. The lowest BCUT2D eigenvalue weighted by molar-refractivity contribution is 1.07. The molecule has 0 aliphatic rings. The monoisotopic (exact) mass is 233 g/mol. The van der Waals surface area contributed by atoms with Crippen molar-refractivity contribution in [2.75, 3.05) is 0 Å². The van der Waals surface area contributed by atoms with E-state index in [1.165, 1.54) is 5.56 Å². The minimum Gasteiger partial charge on any atom is -0.300 e. The fraction of sp³-hybridized carbons (Fsp3) is 0.0625. The third-order valence-corrected chi connectivity index (χ3v) is 2.93. The Morgan fingerprint density at radius 1 is 1.00 bits per heavy atom. The molecule has 2 heteroatoms. The van der Waals surface area contributed by atoms with E-state index < -0.39 is 0 Å². The van der Waals surface area contributed by atoms with Crippen LogP contribution in [0.25, 0.3) is 17.1 Å². The van der Waals surface area contributed by atoms with E-state index in [1.54, 1.807) is 0 Å². The van der Waals surface area contributed by atoms with Crippen LogP contribution in [-0.2, 0) is 0 Å². The molecular weight excluding hydrogens is 220 g/mol. The van der Waals surface area contributed by atoms with Gasteiger partial charge < -0.3 is 0 Å². The van der Waals surface area contributed by atoms with Crippen LogP contribution in [0.3, 0.4) is 0 Å². The fourth-order valence-electron chi connectivity index (χ4n) is 1.97. The summed E-state index contributed by atoms with van der Waals surface area (Å²) >= 11 is 0. The van der Waals surface area contributed by atoms with Crippen molar-refractivity contribution in [1.82, 2.24) is 9.55 Å². The van der Waals surface area contributed by atoms with E-state index >= 15 is 0 Å². The molecule has 1 radical (unpaired) electrons. The summed E-state index contributed by atoms with van der Waals surface area (Å²) in [6.45, 7) is 2.09. The first kappa shape index (κ1) is 10.8. The Morgan fingerprint density at radius 3 is 2.44 bits per heavy atom. The smallest absolute Gasteiger partial charge is 0.144 e. The highest BCUT2D eigenvalue weighted by molar-refractivity contribution is 5.58. The van der Waals surface area contributed by atoms with Crippen LogP contribution in [0.1, 0.15) is 5.56 Å². The van der Waals surface area contributed by atoms with Gasteiger partial charge in [-0.2, -0.15) is 0 Å². The average molecular weight is 233 g/mol. The van der Waals surface area contributed by atoms with Gasteiger partial charge in [-0.25, -0.2) is 4.98 Å². The topological polar surface area (TPSA) is 17.8 Å². The molecule has 2 nitrogen and oxygen atoms in total. The predicted octanol–water partition coefficient (Wildman–Crippen LogP) is 3.65. The van der Waals surface area contributed by atoms with Crippen molar-refractivity contribution in [3.8, 4) is 17.1 Å². The maximum absolute atomic E-state index is 4.43. The summed E-state index contributed by atoms with van der Waals surface area (Å²) in [6.07, 6.45) is 3.81.